The third-order valence-corrected chi connectivity index (χ3v) is 3.18. The molecule has 1 aliphatic heterocycles. The molecule has 1 aliphatic rings. The van der Waals surface area contributed by atoms with Crippen LogP contribution >= 0.6 is 0 Å². The highest BCUT2D eigenvalue weighted by atomic mass is 19.4. The number of aromatic carboxylic acids is 1. The predicted octanol–water partition coefficient (Wildman–Crippen LogP) is 1.60. The Kier molecular flexibility index (Phi) is 4.31. The number of carbonyl (C=O) groups is 1. The largest absolute Gasteiger partial charge is 0.478 e. The topological polar surface area (TPSA) is 56.7 Å². The van der Waals surface area contributed by atoms with Crippen molar-refractivity contribution < 1.29 is 27.5 Å². The number of pyridine rings is 1. The van der Waals surface area contributed by atoms with Gasteiger partial charge < -0.3 is 10.0 Å². The van der Waals surface area contributed by atoms with Crippen molar-refractivity contribution >= 4 is 11.8 Å². The summed E-state index contributed by atoms with van der Waals surface area (Å²) in [5.41, 5.74) is -0.502. The van der Waals surface area contributed by atoms with Crippen molar-refractivity contribution in [3.8, 4) is 0 Å². The molecule has 1 saturated heterocycles. The van der Waals surface area contributed by atoms with E-state index in [0.29, 0.717) is 0 Å². The number of piperazine rings is 1. The van der Waals surface area contributed by atoms with Crippen LogP contribution in [0.2, 0.25) is 0 Å². The molecule has 0 amide bonds. The third-order valence-electron chi connectivity index (χ3n) is 3.18. The maximum atomic E-state index is 14.0. The molecule has 2 heterocycles. The quantitative estimate of drug-likeness (QED) is 0.860. The minimum Gasteiger partial charge on any atom is -0.478 e. The van der Waals surface area contributed by atoms with E-state index in [1.165, 1.54) is 16.0 Å². The van der Waals surface area contributed by atoms with Gasteiger partial charge in [0.1, 0.15) is 5.56 Å². The summed E-state index contributed by atoms with van der Waals surface area (Å²) in [6.07, 6.45) is -3.10. The van der Waals surface area contributed by atoms with Crippen LogP contribution in [0.15, 0.2) is 12.3 Å². The number of anilines is 1. The summed E-state index contributed by atoms with van der Waals surface area (Å²) in [5.74, 6) is -2.51. The minimum atomic E-state index is -4.27. The molecular formula is C12H13F4N3O2. The van der Waals surface area contributed by atoms with Gasteiger partial charge >= 0.3 is 12.1 Å². The standard InChI is InChI=1S/C12H13F4N3O2/c13-9-8(11(20)21)1-2-17-10(9)19-5-3-18(4-6-19)7-12(14,15)16/h1-2H,3-7H2,(H,20,21). The van der Waals surface area contributed by atoms with Crippen LogP contribution in [-0.4, -0.2) is 59.9 Å². The molecule has 9 heteroatoms. The molecule has 0 radical (unpaired) electrons. The second-order valence-electron chi connectivity index (χ2n) is 4.68. The van der Waals surface area contributed by atoms with Gasteiger partial charge in [0.2, 0.25) is 0 Å². The molecular weight excluding hydrogens is 294 g/mol. The lowest BCUT2D eigenvalue weighted by Crippen LogP contribution is -2.49. The zero-order valence-corrected chi connectivity index (χ0v) is 10.9. The van der Waals surface area contributed by atoms with Crippen LogP contribution in [0.4, 0.5) is 23.4 Å². The third kappa shape index (κ3) is 3.81. The highest BCUT2D eigenvalue weighted by Gasteiger charge is 2.32. The average molecular weight is 307 g/mol. The number of nitrogens with zero attached hydrogens (tertiary/aromatic N) is 3. The van der Waals surface area contributed by atoms with E-state index in [2.05, 4.69) is 4.98 Å². The molecule has 0 aliphatic carbocycles. The molecule has 1 aromatic rings. The molecule has 2 rings (SSSR count). The van der Waals surface area contributed by atoms with E-state index in [1.807, 2.05) is 0 Å². The summed E-state index contributed by atoms with van der Waals surface area (Å²) >= 11 is 0. The van der Waals surface area contributed by atoms with Gasteiger partial charge in [-0.05, 0) is 6.07 Å². The Balaban J connectivity index is 2.06. The Morgan fingerprint density at radius 1 is 1.29 bits per heavy atom. The van der Waals surface area contributed by atoms with Gasteiger partial charge in [-0.1, -0.05) is 0 Å². The van der Waals surface area contributed by atoms with Crippen LogP contribution in [0.25, 0.3) is 0 Å². The van der Waals surface area contributed by atoms with Crippen molar-refractivity contribution in [1.29, 1.82) is 0 Å². The van der Waals surface area contributed by atoms with E-state index in [9.17, 15) is 22.4 Å². The highest BCUT2D eigenvalue weighted by molar-refractivity contribution is 5.88. The first-order valence-corrected chi connectivity index (χ1v) is 6.20. The number of carboxylic acids is 1. The van der Waals surface area contributed by atoms with Crippen LogP contribution in [-0.2, 0) is 0 Å². The molecule has 0 bridgehead atoms. The lowest BCUT2D eigenvalue weighted by atomic mass is 10.2. The number of alkyl halides is 3. The molecule has 0 atom stereocenters. The van der Waals surface area contributed by atoms with Crippen molar-refractivity contribution in [2.45, 2.75) is 6.18 Å². The van der Waals surface area contributed by atoms with Crippen molar-refractivity contribution in [3.63, 3.8) is 0 Å². The molecule has 1 N–H and O–H groups in total. The van der Waals surface area contributed by atoms with Gasteiger partial charge in [0.15, 0.2) is 11.6 Å². The summed E-state index contributed by atoms with van der Waals surface area (Å²) in [7, 11) is 0. The van der Waals surface area contributed by atoms with Gasteiger partial charge in [0.05, 0.1) is 6.54 Å². The highest BCUT2D eigenvalue weighted by Crippen LogP contribution is 2.22. The second kappa shape index (κ2) is 5.84. The fourth-order valence-electron chi connectivity index (χ4n) is 2.19. The summed E-state index contributed by atoms with van der Waals surface area (Å²) in [4.78, 5) is 17.3. The van der Waals surface area contributed by atoms with Crippen LogP contribution < -0.4 is 4.90 Å². The Morgan fingerprint density at radius 2 is 1.90 bits per heavy atom. The molecule has 0 aromatic carbocycles. The SMILES string of the molecule is O=C(O)c1ccnc(N2CCN(CC(F)(F)F)CC2)c1F. The first-order valence-electron chi connectivity index (χ1n) is 6.20. The summed E-state index contributed by atoms with van der Waals surface area (Å²) in [6.45, 7) is -0.478. The van der Waals surface area contributed by atoms with E-state index in [4.69, 9.17) is 5.11 Å². The fraction of sp³-hybridized carbons (Fsp3) is 0.500. The number of aromatic nitrogens is 1. The lowest BCUT2D eigenvalue weighted by Gasteiger charge is -2.35. The molecule has 116 valence electrons. The van der Waals surface area contributed by atoms with Crippen LogP contribution in [0.5, 0.6) is 0 Å². The van der Waals surface area contributed by atoms with Gasteiger partial charge in [0.25, 0.3) is 0 Å². The Labute approximate surface area is 117 Å². The second-order valence-corrected chi connectivity index (χ2v) is 4.68. The van der Waals surface area contributed by atoms with Crippen molar-refractivity contribution in [1.82, 2.24) is 9.88 Å². The van der Waals surface area contributed by atoms with Crippen molar-refractivity contribution in [3.05, 3.63) is 23.6 Å². The zero-order chi connectivity index (χ0) is 15.6. The van der Waals surface area contributed by atoms with Gasteiger partial charge in [-0.3, -0.25) is 4.90 Å². The van der Waals surface area contributed by atoms with E-state index in [1.54, 1.807) is 0 Å². The van der Waals surface area contributed by atoms with Gasteiger partial charge in [-0.25, -0.2) is 14.2 Å². The van der Waals surface area contributed by atoms with Gasteiger partial charge in [0, 0.05) is 32.4 Å². The zero-order valence-electron chi connectivity index (χ0n) is 10.9. The molecule has 21 heavy (non-hydrogen) atoms. The Morgan fingerprint density at radius 3 is 2.43 bits per heavy atom. The monoisotopic (exact) mass is 307 g/mol. The molecule has 5 nitrogen and oxygen atoms in total. The molecule has 0 spiro atoms. The van der Waals surface area contributed by atoms with Gasteiger partial charge in [-0.15, -0.1) is 0 Å². The van der Waals surface area contributed by atoms with Crippen LogP contribution in [0, 0.1) is 5.82 Å². The molecule has 1 fully saturated rings. The van der Waals surface area contributed by atoms with E-state index >= 15 is 0 Å². The Bertz CT molecular complexity index is 528. The molecule has 0 unspecified atom stereocenters. The first-order chi connectivity index (χ1) is 9.78. The smallest absolute Gasteiger partial charge is 0.401 e. The van der Waals surface area contributed by atoms with Crippen molar-refractivity contribution in [2.24, 2.45) is 0 Å². The minimum absolute atomic E-state index is 0.109. The van der Waals surface area contributed by atoms with E-state index < -0.39 is 30.1 Å². The number of carboxylic acid groups (broad SMARTS) is 1. The van der Waals surface area contributed by atoms with E-state index in [0.717, 1.165) is 6.07 Å². The fourth-order valence-corrected chi connectivity index (χ4v) is 2.19. The van der Waals surface area contributed by atoms with Gasteiger partial charge in [-0.2, -0.15) is 13.2 Å². The molecule has 1 aromatic heterocycles. The first kappa shape index (κ1) is 15.5. The van der Waals surface area contributed by atoms with Crippen LogP contribution in [0.1, 0.15) is 10.4 Å². The number of rotatable bonds is 3. The predicted molar refractivity (Wildman–Crippen MR) is 65.9 cm³/mol. The number of hydrogen-bond donors (Lipinski definition) is 1. The summed E-state index contributed by atoms with van der Waals surface area (Å²) in [5, 5.41) is 8.84. The maximum Gasteiger partial charge on any atom is 0.401 e. The normalized spacial score (nSPS) is 17.0. The summed E-state index contributed by atoms with van der Waals surface area (Å²) < 4.78 is 50.8. The summed E-state index contributed by atoms with van der Waals surface area (Å²) in [6, 6.07) is 1.04. The molecule has 0 saturated carbocycles. The number of halogens is 4. The Hall–Kier alpha value is -1.90. The van der Waals surface area contributed by atoms with Crippen molar-refractivity contribution in [2.75, 3.05) is 37.6 Å². The van der Waals surface area contributed by atoms with Crippen LogP contribution in [0.3, 0.4) is 0 Å². The lowest BCUT2D eigenvalue weighted by molar-refractivity contribution is -0.146. The maximum absolute atomic E-state index is 14.0. The number of hydrogen-bond acceptors (Lipinski definition) is 4. The van der Waals surface area contributed by atoms with E-state index in [-0.39, 0.29) is 32.0 Å². The average Bonchev–Trinajstić information content (AvgIpc) is 2.38.